The highest BCUT2D eigenvalue weighted by atomic mass is 19.1. The Morgan fingerprint density at radius 3 is 2.29 bits per heavy atom. The first-order chi connectivity index (χ1) is 7.80. The van der Waals surface area contributed by atoms with Gasteiger partial charge in [-0.05, 0) is 49.3 Å². The van der Waals surface area contributed by atoms with E-state index < -0.39 is 0 Å². The number of halogens is 1. The van der Waals surface area contributed by atoms with Crippen LogP contribution >= 0.6 is 0 Å². The summed E-state index contributed by atoms with van der Waals surface area (Å²) >= 11 is 0. The molecule has 0 aromatic heterocycles. The number of hydrogen-bond acceptors (Lipinski definition) is 1. The molecule has 1 fully saturated rings. The lowest BCUT2D eigenvalue weighted by Gasteiger charge is -2.38. The van der Waals surface area contributed by atoms with Crippen LogP contribution in [-0.4, -0.2) is 5.60 Å². The summed E-state index contributed by atoms with van der Waals surface area (Å²) in [4.78, 5) is 0. The van der Waals surface area contributed by atoms with Crippen LogP contribution in [0.5, 0.6) is 5.75 Å². The van der Waals surface area contributed by atoms with Crippen molar-refractivity contribution in [1.82, 2.24) is 0 Å². The van der Waals surface area contributed by atoms with Crippen molar-refractivity contribution >= 4 is 0 Å². The minimum Gasteiger partial charge on any atom is -0.485 e. The van der Waals surface area contributed by atoms with Crippen LogP contribution in [0, 0.1) is 5.82 Å². The lowest BCUT2D eigenvalue weighted by atomic mass is 9.82. The molecular formula is C15H21FO. The van der Waals surface area contributed by atoms with Crippen molar-refractivity contribution in [3.63, 3.8) is 0 Å². The molecule has 1 aromatic rings. The van der Waals surface area contributed by atoms with Crippen molar-refractivity contribution in [1.29, 1.82) is 0 Å². The molecule has 1 saturated carbocycles. The van der Waals surface area contributed by atoms with E-state index in [4.69, 9.17) is 4.74 Å². The second-order valence-electron chi connectivity index (χ2n) is 6.30. The van der Waals surface area contributed by atoms with Gasteiger partial charge in [-0.3, -0.25) is 0 Å². The van der Waals surface area contributed by atoms with Gasteiger partial charge in [0.25, 0.3) is 0 Å². The second-order valence-corrected chi connectivity index (χ2v) is 6.30. The van der Waals surface area contributed by atoms with Gasteiger partial charge in [-0.1, -0.05) is 26.8 Å². The molecule has 0 saturated heterocycles. The topological polar surface area (TPSA) is 9.23 Å². The molecule has 2 rings (SSSR count). The first kappa shape index (κ1) is 12.4. The van der Waals surface area contributed by atoms with Crippen molar-refractivity contribution in [3.05, 3.63) is 29.6 Å². The van der Waals surface area contributed by atoms with Gasteiger partial charge in [-0.25, -0.2) is 4.39 Å². The second kappa shape index (κ2) is 4.01. The average molecular weight is 236 g/mol. The van der Waals surface area contributed by atoms with E-state index in [1.165, 1.54) is 6.42 Å². The van der Waals surface area contributed by atoms with E-state index in [2.05, 4.69) is 20.8 Å². The van der Waals surface area contributed by atoms with Crippen LogP contribution in [0.15, 0.2) is 18.2 Å². The van der Waals surface area contributed by atoms with Gasteiger partial charge in [0.15, 0.2) is 11.6 Å². The Balaban J connectivity index is 2.20. The zero-order valence-electron chi connectivity index (χ0n) is 11.1. The molecule has 1 nitrogen and oxygen atoms in total. The maximum Gasteiger partial charge on any atom is 0.165 e. The van der Waals surface area contributed by atoms with Crippen LogP contribution in [0.3, 0.4) is 0 Å². The first-order valence-corrected chi connectivity index (χ1v) is 6.29. The standard InChI is InChI=1S/C15H21FO/c1-14(2,3)11-6-7-13(12(16)10-11)17-15(4)8-5-9-15/h6-7,10H,5,8-9H2,1-4H3. The summed E-state index contributed by atoms with van der Waals surface area (Å²) in [5.41, 5.74) is 0.824. The summed E-state index contributed by atoms with van der Waals surface area (Å²) < 4.78 is 19.7. The summed E-state index contributed by atoms with van der Waals surface area (Å²) in [6.07, 6.45) is 3.22. The highest BCUT2D eigenvalue weighted by Gasteiger charge is 2.34. The Labute approximate surface area is 103 Å². The molecule has 0 aliphatic heterocycles. The number of ether oxygens (including phenoxy) is 1. The molecule has 2 heteroatoms. The Morgan fingerprint density at radius 2 is 1.88 bits per heavy atom. The molecule has 0 amide bonds. The van der Waals surface area contributed by atoms with Crippen molar-refractivity contribution in [2.75, 3.05) is 0 Å². The third-order valence-corrected chi connectivity index (χ3v) is 3.57. The van der Waals surface area contributed by atoms with Gasteiger partial charge in [-0.15, -0.1) is 0 Å². The van der Waals surface area contributed by atoms with Crippen LogP contribution in [0.4, 0.5) is 4.39 Å². The minimum absolute atomic E-state index is 0.0280. The van der Waals surface area contributed by atoms with E-state index in [0.29, 0.717) is 5.75 Å². The summed E-state index contributed by atoms with van der Waals surface area (Å²) in [5.74, 6) is 0.144. The molecule has 0 unspecified atom stereocenters. The molecule has 0 atom stereocenters. The van der Waals surface area contributed by atoms with Crippen LogP contribution in [-0.2, 0) is 5.41 Å². The van der Waals surface area contributed by atoms with Crippen molar-refractivity contribution in [2.45, 2.75) is 58.0 Å². The third-order valence-electron chi connectivity index (χ3n) is 3.57. The smallest absolute Gasteiger partial charge is 0.165 e. The summed E-state index contributed by atoms with van der Waals surface area (Å²) in [5, 5.41) is 0. The van der Waals surface area contributed by atoms with Gasteiger partial charge >= 0.3 is 0 Å². The van der Waals surface area contributed by atoms with Gasteiger partial charge in [0.05, 0.1) is 0 Å². The highest BCUT2D eigenvalue weighted by molar-refractivity contribution is 5.33. The van der Waals surface area contributed by atoms with Crippen LogP contribution < -0.4 is 4.74 Å². The number of benzene rings is 1. The molecule has 0 heterocycles. The van der Waals surface area contributed by atoms with Gasteiger partial charge in [0.2, 0.25) is 0 Å². The summed E-state index contributed by atoms with van der Waals surface area (Å²) in [7, 11) is 0. The fourth-order valence-corrected chi connectivity index (χ4v) is 2.09. The SMILES string of the molecule is CC1(Oc2ccc(C(C)(C)C)cc2F)CCC1. The maximum atomic E-state index is 13.9. The third kappa shape index (κ3) is 2.62. The molecule has 94 valence electrons. The predicted molar refractivity (Wildman–Crippen MR) is 68.0 cm³/mol. The van der Waals surface area contributed by atoms with Gasteiger partial charge in [0, 0.05) is 0 Å². The molecule has 0 radical (unpaired) electrons. The van der Waals surface area contributed by atoms with Crippen LogP contribution in [0.1, 0.15) is 52.5 Å². The fraction of sp³-hybridized carbons (Fsp3) is 0.600. The first-order valence-electron chi connectivity index (χ1n) is 6.29. The number of hydrogen-bond donors (Lipinski definition) is 0. The van der Waals surface area contributed by atoms with E-state index in [1.54, 1.807) is 12.1 Å². The maximum absolute atomic E-state index is 13.9. The van der Waals surface area contributed by atoms with Crippen molar-refractivity contribution in [2.24, 2.45) is 0 Å². The lowest BCUT2D eigenvalue weighted by molar-refractivity contribution is 0.00791. The Morgan fingerprint density at radius 1 is 1.24 bits per heavy atom. The monoisotopic (exact) mass is 236 g/mol. The molecule has 17 heavy (non-hydrogen) atoms. The molecule has 0 bridgehead atoms. The van der Waals surface area contributed by atoms with E-state index >= 15 is 0 Å². The van der Waals surface area contributed by atoms with E-state index in [-0.39, 0.29) is 16.8 Å². The van der Waals surface area contributed by atoms with Gasteiger partial charge < -0.3 is 4.74 Å². The minimum atomic E-state index is -0.245. The van der Waals surface area contributed by atoms with E-state index in [0.717, 1.165) is 18.4 Å². The number of rotatable bonds is 2. The Bertz CT molecular complexity index is 413. The molecule has 0 spiro atoms. The lowest BCUT2D eigenvalue weighted by Crippen LogP contribution is -2.39. The van der Waals surface area contributed by atoms with E-state index in [1.807, 2.05) is 13.0 Å². The summed E-state index contributed by atoms with van der Waals surface area (Å²) in [6, 6.07) is 5.32. The molecule has 1 aliphatic carbocycles. The van der Waals surface area contributed by atoms with E-state index in [9.17, 15) is 4.39 Å². The quantitative estimate of drug-likeness (QED) is 0.737. The van der Waals surface area contributed by atoms with Crippen molar-refractivity contribution < 1.29 is 9.13 Å². The molecular weight excluding hydrogens is 215 g/mol. The van der Waals surface area contributed by atoms with Gasteiger partial charge in [-0.2, -0.15) is 0 Å². The van der Waals surface area contributed by atoms with Crippen LogP contribution in [0.25, 0.3) is 0 Å². The average Bonchev–Trinajstić information content (AvgIpc) is 2.17. The Kier molecular flexibility index (Phi) is 2.92. The normalized spacial score (nSPS) is 18.6. The zero-order valence-corrected chi connectivity index (χ0v) is 11.1. The molecule has 1 aromatic carbocycles. The Hall–Kier alpha value is -1.05. The summed E-state index contributed by atoms with van der Waals surface area (Å²) in [6.45, 7) is 8.29. The van der Waals surface area contributed by atoms with Gasteiger partial charge in [0.1, 0.15) is 5.60 Å². The predicted octanol–water partition coefficient (Wildman–Crippen LogP) is 4.44. The van der Waals surface area contributed by atoms with Crippen LogP contribution in [0.2, 0.25) is 0 Å². The zero-order chi connectivity index (χ0) is 12.7. The highest BCUT2D eigenvalue weighted by Crippen LogP contribution is 2.37. The van der Waals surface area contributed by atoms with Crippen molar-refractivity contribution in [3.8, 4) is 5.75 Å². The fourth-order valence-electron chi connectivity index (χ4n) is 2.09. The largest absolute Gasteiger partial charge is 0.485 e. The molecule has 0 N–H and O–H groups in total. The molecule has 1 aliphatic rings.